The van der Waals surface area contributed by atoms with Crippen LogP contribution in [-0.4, -0.2) is 9.97 Å². The van der Waals surface area contributed by atoms with Crippen LogP contribution in [0.15, 0.2) is 22.4 Å². The van der Waals surface area contributed by atoms with Gasteiger partial charge in [0.25, 0.3) is 0 Å². The number of pyridine rings is 1. The molecule has 0 aliphatic carbocycles. The molecule has 0 saturated carbocycles. The summed E-state index contributed by atoms with van der Waals surface area (Å²) in [6, 6.07) is 1.17. The van der Waals surface area contributed by atoms with Crippen LogP contribution in [0.1, 0.15) is 5.69 Å². The van der Waals surface area contributed by atoms with E-state index >= 15 is 0 Å². The largest absolute Gasteiger partial charge is 0.362 e. The SMILES string of the molecule is O=c1[nH]c(CNc2ncc(Cl)cc2F)cs1. The number of thiazole rings is 1. The summed E-state index contributed by atoms with van der Waals surface area (Å²) in [5.41, 5.74) is 0.686. The van der Waals surface area contributed by atoms with Crippen molar-refractivity contribution in [3.8, 4) is 0 Å². The number of H-pyrrole nitrogens is 1. The third kappa shape index (κ3) is 2.59. The number of hydrogen-bond donors (Lipinski definition) is 2. The molecule has 7 heteroatoms. The van der Waals surface area contributed by atoms with Gasteiger partial charge < -0.3 is 10.3 Å². The minimum Gasteiger partial charge on any atom is -0.362 e. The second kappa shape index (κ2) is 4.63. The van der Waals surface area contributed by atoms with Gasteiger partial charge >= 0.3 is 4.87 Å². The van der Waals surface area contributed by atoms with Crippen molar-refractivity contribution in [2.75, 3.05) is 5.32 Å². The maximum absolute atomic E-state index is 13.3. The van der Waals surface area contributed by atoms with E-state index in [1.54, 1.807) is 5.38 Å². The van der Waals surface area contributed by atoms with Crippen LogP contribution in [-0.2, 0) is 6.54 Å². The van der Waals surface area contributed by atoms with Gasteiger partial charge in [0.1, 0.15) is 0 Å². The lowest BCUT2D eigenvalue weighted by atomic mass is 10.4. The zero-order chi connectivity index (χ0) is 11.5. The molecule has 0 aliphatic rings. The Kier molecular flexibility index (Phi) is 3.21. The first-order valence-corrected chi connectivity index (χ1v) is 5.62. The van der Waals surface area contributed by atoms with E-state index in [0.29, 0.717) is 12.2 Å². The summed E-state index contributed by atoms with van der Waals surface area (Å²) in [6.45, 7) is 0.310. The van der Waals surface area contributed by atoms with E-state index in [1.807, 2.05) is 0 Å². The lowest BCUT2D eigenvalue weighted by molar-refractivity contribution is 0.624. The van der Waals surface area contributed by atoms with E-state index < -0.39 is 5.82 Å². The number of aromatic nitrogens is 2. The van der Waals surface area contributed by atoms with Crippen LogP contribution in [0.3, 0.4) is 0 Å². The molecule has 2 aromatic rings. The molecule has 0 radical (unpaired) electrons. The van der Waals surface area contributed by atoms with Crippen molar-refractivity contribution in [3.63, 3.8) is 0 Å². The molecule has 2 aromatic heterocycles. The summed E-state index contributed by atoms with van der Waals surface area (Å²) in [4.78, 5) is 17.1. The van der Waals surface area contributed by atoms with Gasteiger partial charge in [-0.3, -0.25) is 4.79 Å². The quantitative estimate of drug-likeness (QED) is 0.889. The van der Waals surface area contributed by atoms with E-state index in [0.717, 1.165) is 11.3 Å². The Labute approximate surface area is 99.1 Å². The minimum atomic E-state index is -0.523. The Morgan fingerprint density at radius 2 is 2.44 bits per heavy atom. The molecule has 0 saturated heterocycles. The predicted molar refractivity (Wildman–Crippen MR) is 61.5 cm³/mol. The molecule has 0 spiro atoms. The summed E-state index contributed by atoms with van der Waals surface area (Å²) >= 11 is 6.62. The highest BCUT2D eigenvalue weighted by molar-refractivity contribution is 7.07. The van der Waals surface area contributed by atoms with E-state index in [9.17, 15) is 9.18 Å². The highest BCUT2D eigenvalue weighted by Gasteiger charge is 2.04. The number of anilines is 1. The fraction of sp³-hybridized carbons (Fsp3) is 0.111. The normalized spacial score (nSPS) is 10.4. The van der Waals surface area contributed by atoms with E-state index in [2.05, 4.69) is 15.3 Å². The van der Waals surface area contributed by atoms with Crippen LogP contribution in [0.25, 0.3) is 0 Å². The topological polar surface area (TPSA) is 57.8 Å². The molecule has 4 nitrogen and oxygen atoms in total. The van der Waals surface area contributed by atoms with Crippen molar-refractivity contribution in [2.45, 2.75) is 6.54 Å². The van der Waals surface area contributed by atoms with Gasteiger partial charge in [-0.25, -0.2) is 9.37 Å². The summed E-state index contributed by atoms with van der Waals surface area (Å²) in [7, 11) is 0. The fourth-order valence-corrected chi connectivity index (χ4v) is 1.85. The number of nitrogens with one attached hydrogen (secondary N) is 2. The van der Waals surface area contributed by atoms with Crippen LogP contribution in [0.5, 0.6) is 0 Å². The number of aromatic amines is 1. The van der Waals surface area contributed by atoms with Gasteiger partial charge in [0.05, 0.1) is 11.6 Å². The Morgan fingerprint density at radius 3 is 3.06 bits per heavy atom. The van der Waals surface area contributed by atoms with Crippen LogP contribution < -0.4 is 10.2 Å². The second-order valence-corrected chi connectivity index (χ2v) is 4.29. The highest BCUT2D eigenvalue weighted by atomic mass is 35.5. The molecule has 2 rings (SSSR count). The third-order valence-corrected chi connectivity index (χ3v) is 2.75. The molecule has 2 heterocycles. The van der Waals surface area contributed by atoms with Crippen LogP contribution >= 0.6 is 22.9 Å². The fourth-order valence-electron chi connectivity index (χ4n) is 1.12. The van der Waals surface area contributed by atoms with Gasteiger partial charge in [0.2, 0.25) is 0 Å². The monoisotopic (exact) mass is 259 g/mol. The molecule has 2 N–H and O–H groups in total. The number of rotatable bonds is 3. The number of halogens is 2. The first kappa shape index (κ1) is 11.1. The van der Waals surface area contributed by atoms with Gasteiger partial charge in [-0.05, 0) is 6.07 Å². The summed E-state index contributed by atoms with van der Waals surface area (Å²) in [6.07, 6.45) is 1.35. The predicted octanol–water partition coefficient (Wildman–Crippen LogP) is 2.24. The van der Waals surface area contributed by atoms with Crippen LogP contribution in [0.4, 0.5) is 10.2 Å². The van der Waals surface area contributed by atoms with Crippen molar-refractivity contribution in [1.82, 2.24) is 9.97 Å². The summed E-state index contributed by atoms with van der Waals surface area (Å²) in [5, 5.41) is 4.67. The Morgan fingerprint density at radius 1 is 1.62 bits per heavy atom. The highest BCUT2D eigenvalue weighted by Crippen LogP contribution is 2.15. The van der Waals surface area contributed by atoms with Gasteiger partial charge in [0.15, 0.2) is 11.6 Å². The van der Waals surface area contributed by atoms with Crippen molar-refractivity contribution in [1.29, 1.82) is 0 Å². The van der Waals surface area contributed by atoms with Gasteiger partial charge in [-0.15, -0.1) is 0 Å². The molecule has 0 unspecified atom stereocenters. The Bertz CT molecular complexity index is 554. The smallest absolute Gasteiger partial charge is 0.304 e. The molecule has 16 heavy (non-hydrogen) atoms. The third-order valence-electron chi connectivity index (χ3n) is 1.82. The number of hydrogen-bond acceptors (Lipinski definition) is 4. The molecule has 0 bridgehead atoms. The second-order valence-electron chi connectivity index (χ2n) is 3.01. The Hall–Kier alpha value is -1.40. The average molecular weight is 260 g/mol. The van der Waals surface area contributed by atoms with E-state index in [-0.39, 0.29) is 15.7 Å². The summed E-state index contributed by atoms with van der Waals surface area (Å²) < 4.78 is 13.3. The minimum absolute atomic E-state index is 0.108. The van der Waals surface area contributed by atoms with E-state index in [4.69, 9.17) is 11.6 Å². The maximum atomic E-state index is 13.3. The van der Waals surface area contributed by atoms with Crippen molar-refractivity contribution in [3.05, 3.63) is 43.8 Å². The zero-order valence-corrected chi connectivity index (χ0v) is 9.53. The van der Waals surface area contributed by atoms with Crippen LogP contribution in [0.2, 0.25) is 5.02 Å². The standard InChI is InChI=1S/C9H7ClFN3OS/c10-5-1-7(11)8(12-2-5)13-3-6-4-16-9(15)14-6/h1-2,4H,3H2,(H,12,13)(H,14,15). The molecule has 0 aromatic carbocycles. The summed E-state index contributed by atoms with van der Waals surface area (Å²) in [5.74, 6) is -0.415. The molecular weight excluding hydrogens is 253 g/mol. The van der Waals surface area contributed by atoms with Gasteiger partial charge in [-0.2, -0.15) is 0 Å². The van der Waals surface area contributed by atoms with Crippen molar-refractivity contribution in [2.24, 2.45) is 0 Å². The van der Waals surface area contributed by atoms with E-state index in [1.165, 1.54) is 12.3 Å². The zero-order valence-electron chi connectivity index (χ0n) is 7.96. The van der Waals surface area contributed by atoms with Gasteiger partial charge in [-0.1, -0.05) is 22.9 Å². The number of nitrogens with zero attached hydrogens (tertiary/aromatic N) is 1. The maximum Gasteiger partial charge on any atom is 0.304 e. The molecule has 0 aliphatic heterocycles. The lowest BCUT2D eigenvalue weighted by Crippen LogP contribution is -2.05. The van der Waals surface area contributed by atoms with Crippen molar-refractivity contribution >= 4 is 28.8 Å². The van der Waals surface area contributed by atoms with Crippen LogP contribution in [0, 0.1) is 5.82 Å². The molecule has 84 valence electrons. The first-order valence-electron chi connectivity index (χ1n) is 4.37. The molecular formula is C9H7ClFN3OS. The average Bonchev–Trinajstić information content (AvgIpc) is 2.63. The van der Waals surface area contributed by atoms with Gasteiger partial charge in [0, 0.05) is 17.3 Å². The first-order chi connectivity index (χ1) is 7.65. The molecule has 0 atom stereocenters. The molecule has 0 fully saturated rings. The molecule has 0 amide bonds. The lowest BCUT2D eigenvalue weighted by Gasteiger charge is -2.04. The Balaban J connectivity index is 2.07. The van der Waals surface area contributed by atoms with Crippen molar-refractivity contribution < 1.29 is 4.39 Å².